The molecule has 0 aliphatic rings. The van der Waals surface area contributed by atoms with E-state index in [2.05, 4.69) is 19.7 Å². The lowest BCUT2D eigenvalue weighted by Gasteiger charge is -2.01. The number of aryl methyl sites for hydroxylation is 1. The summed E-state index contributed by atoms with van der Waals surface area (Å²) in [6, 6.07) is 2.92. The number of rotatable bonds is 3. The summed E-state index contributed by atoms with van der Waals surface area (Å²) in [5, 5.41) is 6.89. The summed E-state index contributed by atoms with van der Waals surface area (Å²) in [5.41, 5.74) is 0.367. The minimum atomic E-state index is -3.66. The van der Waals surface area contributed by atoms with E-state index >= 15 is 0 Å². The van der Waals surface area contributed by atoms with Gasteiger partial charge >= 0.3 is 0 Å². The van der Waals surface area contributed by atoms with Crippen LogP contribution in [0.4, 0.5) is 5.82 Å². The number of anilines is 1. The molecule has 0 amide bonds. The van der Waals surface area contributed by atoms with Crippen LogP contribution >= 0.6 is 22.9 Å². The molecule has 2 aromatic rings. The smallest absolute Gasteiger partial charge is 0.258 e. The minimum Gasteiger partial charge on any atom is -0.258 e. The van der Waals surface area contributed by atoms with E-state index in [-0.39, 0.29) is 10.0 Å². The Morgan fingerprint density at radius 3 is 2.69 bits per heavy atom. The van der Waals surface area contributed by atoms with Gasteiger partial charge in [0, 0.05) is 0 Å². The molecule has 0 aromatic carbocycles. The molecule has 86 valence electrons. The van der Waals surface area contributed by atoms with Gasteiger partial charge < -0.3 is 0 Å². The van der Waals surface area contributed by atoms with Gasteiger partial charge in [-0.3, -0.25) is 4.72 Å². The van der Waals surface area contributed by atoms with Crippen LogP contribution in [-0.4, -0.2) is 18.7 Å². The summed E-state index contributed by atoms with van der Waals surface area (Å²) in [7, 11) is -3.66. The van der Waals surface area contributed by atoms with E-state index in [0.29, 0.717) is 10.0 Å². The molecule has 0 radical (unpaired) electrons. The summed E-state index contributed by atoms with van der Waals surface area (Å²) < 4.78 is 30.7. The number of halogens is 1. The zero-order chi connectivity index (χ0) is 11.8. The van der Waals surface area contributed by atoms with Crippen molar-refractivity contribution in [3.05, 3.63) is 22.2 Å². The molecule has 0 aliphatic heterocycles. The lowest BCUT2D eigenvalue weighted by atomic mass is 10.5. The van der Waals surface area contributed by atoms with Crippen LogP contribution in [0, 0.1) is 6.92 Å². The van der Waals surface area contributed by atoms with Crippen molar-refractivity contribution in [3.8, 4) is 0 Å². The third kappa shape index (κ3) is 2.18. The van der Waals surface area contributed by atoms with Gasteiger partial charge in [-0.25, -0.2) is 13.0 Å². The molecular formula is C7H6ClN3O3S2. The Morgan fingerprint density at radius 1 is 1.44 bits per heavy atom. The molecule has 1 N–H and O–H groups in total. The summed E-state index contributed by atoms with van der Waals surface area (Å²) in [6.45, 7) is 1.58. The first-order valence-corrected chi connectivity index (χ1v) is 6.74. The highest BCUT2D eigenvalue weighted by atomic mass is 35.5. The Balaban J connectivity index is 2.31. The Bertz CT molecular complexity index is 604. The van der Waals surface area contributed by atoms with Gasteiger partial charge in [-0.15, -0.1) is 11.3 Å². The standard InChI is InChI=1S/C7H6ClN3O3S2/c1-4-7(10-14-9-4)11-16(12,13)6-3-2-5(8)15-6/h2-3H,1H3,(H,10,11). The van der Waals surface area contributed by atoms with E-state index in [1.54, 1.807) is 6.92 Å². The monoisotopic (exact) mass is 279 g/mol. The number of nitrogens with one attached hydrogen (secondary N) is 1. The van der Waals surface area contributed by atoms with Crippen LogP contribution in [0.2, 0.25) is 4.34 Å². The lowest BCUT2D eigenvalue weighted by molar-refractivity contribution is 0.306. The molecule has 0 fully saturated rings. The maximum Gasteiger partial charge on any atom is 0.272 e. The maximum atomic E-state index is 11.8. The number of sulfonamides is 1. The Labute approximate surface area is 100 Å². The van der Waals surface area contributed by atoms with Gasteiger partial charge in [0.15, 0.2) is 0 Å². The number of hydrogen-bond donors (Lipinski definition) is 1. The van der Waals surface area contributed by atoms with Gasteiger partial charge in [0.1, 0.15) is 9.90 Å². The van der Waals surface area contributed by atoms with Gasteiger partial charge in [0.25, 0.3) is 10.0 Å². The fourth-order valence-corrected chi connectivity index (χ4v) is 3.48. The van der Waals surface area contributed by atoms with Crippen LogP contribution in [0.5, 0.6) is 0 Å². The molecule has 0 unspecified atom stereocenters. The highest BCUT2D eigenvalue weighted by molar-refractivity contribution is 7.94. The van der Waals surface area contributed by atoms with E-state index < -0.39 is 10.0 Å². The average molecular weight is 280 g/mol. The van der Waals surface area contributed by atoms with Crippen molar-refractivity contribution in [2.75, 3.05) is 4.72 Å². The van der Waals surface area contributed by atoms with Gasteiger partial charge in [-0.1, -0.05) is 16.8 Å². The fourth-order valence-electron chi connectivity index (χ4n) is 0.944. The summed E-state index contributed by atoms with van der Waals surface area (Å²) >= 11 is 6.62. The number of hydrogen-bond acceptors (Lipinski definition) is 6. The van der Waals surface area contributed by atoms with Crippen LogP contribution < -0.4 is 4.72 Å². The maximum absolute atomic E-state index is 11.8. The van der Waals surface area contributed by atoms with E-state index in [4.69, 9.17) is 11.6 Å². The molecule has 2 heterocycles. The molecule has 0 atom stereocenters. The third-order valence-corrected chi connectivity index (χ3v) is 4.76. The normalized spacial score (nSPS) is 11.6. The third-order valence-electron chi connectivity index (χ3n) is 1.70. The topological polar surface area (TPSA) is 85.1 Å². The SMILES string of the molecule is Cc1nonc1NS(=O)(=O)c1ccc(Cl)s1. The van der Waals surface area contributed by atoms with Crippen molar-refractivity contribution < 1.29 is 13.0 Å². The Kier molecular flexibility index (Phi) is 2.87. The average Bonchev–Trinajstić information content (AvgIpc) is 2.77. The zero-order valence-corrected chi connectivity index (χ0v) is 10.4. The van der Waals surface area contributed by atoms with Crippen molar-refractivity contribution in [3.63, 3.8) is 0 Å². The highest BCUT2D eigenvalue weighted by Gasteiger charge is 2.19. The Morgan fingerprint density at radius 2 is 2.19 bits per heavy atom. The van der Waals surface area contributed by atoms with Gasteiger partial charge in [0.2, 0.25) is 5.82 Å². The molecule has 6 nitrogen and oxygen atoms in total. The van der Waals surface area contributed by atoms with E-state index in [1.807, 2.05) is 0 Å². The van der Waals surface area contributed by atoms with Crippen molar-refractivity contribution in [2.45, 2.75) is 11.1 Å². The summed E-state index contributed by atoms with van der Waals surface area (Å²) in [6.07, 6.45) is 0. The zero-order valence-electron chi connectivity index (χ0n) is 7.97. The van der Waals surface area contributed by atoms with Crippen LogP contribution in [0.3, 0.4) is 0 Å². The largest absolute Gasteiger partial charge is 0.272 e. The molecule has 0 saturated heterocycles. The number of nitrogens with zero attached hydrogens (tertiary/aromatic N) is 2. The number of aromatic nitrogens is 2. The molecule has 0 saturated carbocycles. The van der Waals surface area contributed by atoms with E-state index in [1.165, 1.54) is 12.1 Å². The van der Waals surface area contributed by atoms with Crippen molar-refractivity contribution >= 4 is 38.8 Å². The summed E-state index contributed by atoms with van der Waals surface area (Å²) in [5.74, 6) is 0.0736. The molecule has 0 spiro atoms. The van der Waals surface area contributed by atoms with Crippen LogP contribution in [0.1, 0.15) is 5.69 Å². The van der Waals surface area contributed by atoms with Crippen LogP contribution in [0.15, 0.2) is 21.0 Å². The van der Waals surface area contributed by atoms with E-state index in [9.17, 15) is 8.42 Å². The first kappa shape index (κ1) is 11.4. The van der Waals surface area contributed by atoms with Crippen LogP contribution in [0.25, 0.3) is 0 Å². The second-order valence-electron chi connectivity index (χ2n) is 2.86. The molecular weight excluding hydrogens is 274 g/mol. The summed E-state index contributed by atoms with van der Waals surface area (Å²) in [4.78, 5) is 0. The van der Waals surface area contributed by atoms with Gasteiger partial charge in [-0.05, 0) is 24.2 Å². The predicted molar refractivity (Wildman–Crippen MR) is 59.2 cm³/mol. The van der Waals surface area contributed by atoms with Crippen LogP contribution in [-0.2, 0) is 10.0 Å². The van der Waals surface area contributed by atoms with Crippen molar-refractivity contribution in [1.82, 2.24) is 10.3 Å². The highest BCUT2D eigenvalue weighted by Crippen LogP contribution is 2.27. The van der Waals surface area contributed by atoms with E-state index in [0.717, 1.165) is 11.3 Å². The van der Waals surface area contributed by atoms with Gasteiger partial charge in [0.05, 0.1) is 4.34 Å². The molecule has 16 heavy (non-hydrogen) atoms. The minimum absolute atomic E-state index is 0.0736. The first-order valence-electron chi connectivity index (χ1n) is 4.06. The Hall–Kier alpha value is -1.12. The second-order valence-corrected chi connectivity index (χ2v) is 6.49. The molecule has 0 bridgehead atoms. The van der Waals surface area contributed by atoms with Crippen molar-refractivity contribution in [2.24, 2.45) is 0 Å². The quantitative estimate of drug-likeness (QED) is 0.927. The molecule has 9 heteroatoms. The van der Waals surface area contributed by atoms with Crippen molar-refractivity contribution in [1.29, 1.82) is 0 Å². The predicted octanol–water partition coefficient (Wildman–Crippen LogP) is 1.89. The van der Waals surface area contributed by atoms with Gasteiger partial charge in [-0.2, -0.15) is 0 Å². The molecule has 2 rings (SSSR count). The second kappa shape index (κ2) is 4.04. The molecule has 2 aromatic heterocycles. The molecule has 0 aliphatic carbocycles. The fraction of sp³-hybridized carbons (Fsp3) is 0.143. The lowest BCUT2D eigenvalue weighted by Crippen LogP contribution is -2.12. The first-order chi connectivity index (χ1) is 7.49. The number of thiophene rings is 1.